The predicted octanol–water partition coefficient (Wildman–Crippen LogP) is 2.86. The predicted molar refractivity (Wildman–Crippen MR) is 65.0 cm³/mol. The van der Waals surface area contributed by atoms with Crippen LogP contribution in [0.3, 0.4) is 0 Å². The monoisotopic (exact) mass is 214 g/mol. The summed E-state index contributed by atoms with van der Waals surface area (Å²) in [6, 6.07) is 0.0622. The molecule has 0 aliphatic carbocycles. The van der Waals surface area contributed by atoms with Gasteiger partial charge in [-0.15, -0.1) is 0 Å². The van der Waals surface area contributed by atoms with Crippen molar-refractivity contribution in [2.24, 2.45) is 5.92 Å². The van der Waals surface area contributed by atoms with Crippen molar-refractivity contribution in [1.29, 1.82) is 0 Å². The van der Waals surface area contributed by atoms with Gasteiger partial charge in [0.15, 0.2) is 0 Å². The number of unbranched alkanes of at least 4 members (excludes halogenated alkanes) is 1. The largest absolute Gasteiger partial charge is 0.338 e. The Kier molecular flexibility index (Phi) is 8.15. The summed E-state index contributed by atoms with van der Waals surface area (Å²) in [5.41, 5.74) is 0. The number of carbonyl (C=O) groups excluding carboxylic acids is 1. The Morgan fingerprint density at radius 1 is 1.33 bits per heavy atom. The van der Waals surface area contributed by atoms with E-state index < -0.39 is 0 Å². The molecule has 3 nitrogen and oxygen atoms in total. The van der Waals surface area contributed by atoms with Crippen LogP contribution in [0.25, 0.3) is 0 Å². The molecule has 0 radical (unpaired) electrons. The van der Waals surface area contributed by atoms with Gasteiger partial charge in [0.05, 0.1) is 0 Å². The Labute approximate surface area is 94.2 Å². The fourth-order valence-corrected chi connectivity index (χ4v) is 1.34. The minimum absolute atomic E-state index is 0.0622. The molecule has 0 aromatic carbocycles. The first-order chi connectivity index (χ1) is 7.07. The van der Waals surface area contributed by atoms with E-state index in [9.17, 15) is 4.79 Å². The Hall–Kier alpha value is -0.730. The molecule has 0 aliphatic heterocycles. The van der Waals surface area contributed by atoms with Gasteiger partial charge in [-0.05, 0) is 25.2 Å². The van der Waals surface area contributed by atoms with Gasteiger partial charge in [0.2, 0.25) is 0 Å². The van der Waals surface area contributed by atoms with Crippen molar-refractivity contribution in [2.75, 3.05) is 20.1 Å². The Bertz CT molecular complexity index is 169. The fraction of sp³-hybridized carbons (Fsp3) is 0.917. The van der Waals surface area contributed by atoms with Crippen LogP contribution in [0.4, 0.5) is 4.79 Å². The topological polar surface area (TPSA) is 32.3 Å². The Morgan fingerprint density at radius 3 is 2.53 bits per heavy atom. The van der Waals surface area contributed by atoms with Crippen molar-refractivity contribution in [2.45, 2.75) is 46.5 Å². The molecule has 90 valence electrons. The lowest BCUT2D eigenvalue weighted by molar-refractivity contribution is 0.208. The van der Waals surface area contributed by atoms with E-state index in [1.807, 2.05) is 7.05 Å². The average molecular weight is 214 g/mol. The Balaban J connectivity index is 3.47. The van der Waals surface area contributed by atoms with Crippen LogP contribution in [-0.2, 0) is 0 Å². The number of amides is 2. The smallest absolute Gasteiger partial charge is 0.317 e. The molecule has 1 N–H and O–H groups in total. The van der Waals surface area contributed by atoms with Gasteiger partial charge in [-0.1, -0.05) is 27.2 Å². The van der Waals surface area contributed by atoms with E-state index in [2.05, 4.69) is 26.1 Å². The minimum Gasteiger partial charge on any atom is -0.338 e. The number of carbonyl (C=O) groups is 1. The second kappa shape index (κ2) is 8.57. The standard InChI is InChI=1S/C12H26N2O/c1-5-6-10-14(4)12(15)13-9-7-8-11(2)3/h11H,5-10H2,1-4H3,(H,13,15). The zero-order valence-electron chi connectivity index (χ0n) is 10.7. The number of nitrogens with zero attached hydrogens (tertiary/aromatic N) is 1. The maximum Gasteiger partial charge on any atom is 0.317 e. The van der Waals surface area contributed by atoms with Crippen molar-refractivity contribution >= 4 is 6.03 Å². The summed E-state index contributed by atoms with van der Waals surface area (Å²) >= 11 is 0. The Morgan fingerprint density at radius 2 is 2.00 bits per heavy atom. The van der Waals surface area contributed by atoms with Gasteiger partial charge < -0.3 is 10.2 Å². The summed E-state index contributed by atoms with van der Waals surface area (Å²) in [4.78, 5) is 13.3. The number of hydrogen-bond acceptors (Lipinski definition) is 1. The highest BCUT2D eigenvalue weighted by atomic mass is 16.2. The van der Waals surface area contributed by atoms with Crippen molar-refractivity contribution in [3.8, 4) is 0 Å². The molecule has 0 aliphatic rings. The SMILES string of the molecule is CCCCN(C)C(=O)NCCCC(C)C. The lowest BCUT2D eigenvalue weighted by Gasteiger charge is -2.17. The fourth-order valence-electron chi connectivity index (χ4n) is 1.34. The van der Waals surface area contributed by atoms with E-state index in [4.69, 9.17) is 0 Å². The molecule has 0 fully saturated rings. The summed E-state index contributed by atoms with van der Waals surface area (Å²) in [6.45, 7) is 8.19. The molecule has 0 aromatic heterocycles. The molecule has 0 unspecified atom stereocenters. The number of hydrogen-bond donors (Lipinski definition) is 1. The van der Waals surface area contributed by atoms with E-state index in [-0.39, 0.29) is 6.03 Å². The second-order valence-corrected chi connectivity index (χ2v) is 4.54. The summed E-state index contributed by atoms with van der Waals surface area (Å²) in [7, 11) is 1.85. The zero-order chi connectivity index (χ0) is 11.7. The van der Waals surface area contributed by atoms with Crippen LogP contribution in [0.2, 0.25) is 0 Å². The first-order valence-corrected chi connectivity index (χ1v) is 6.06. The quantitative estimate of drug-likeness (QED) is 0.649. The van der Waals surface area contributed by atoms with Gasteiger partial charge in [-0.2, -0.15) is 0 Å². The van der Waals surface area contributed by atoms with Crippen molar-refractivity contribution in [1.82, 2.24) is 10.2 Å². The molecular formula is C12H26N2O. The lowest BCUT2D eigenvalue weighted by atomic mass is 10.1. The van der Waals surface area contributed by atoms with Crippen LogP contribution < -0.4 is 5.32 Å². The van der Waals surface area contributed by atoms with E-state index in [1.165, 1.54) is 6.42 Å². The summed E-state index contributed by atoms with van der Waals surface area (Å²) in [5, 5.41) is 2.93. The number of nitrogens with one attached hydrogen (secondary N) is 1. The van der Waals surface area contributed by atoms with Gasteiger partial charge in [0.1, 0.15) is 0 Å². The molecular weight excluding hydrogens is 188 g/mol. The molecule has 2 amide bonds. The van der Waals surface area contributed by atoms with Crippen LogP contribution in [-0.4, -0.2) is 31.1 Å². The van der Waals surface area contributed by atoms with Crippen molar-refractivity contribution in [3.05, 3.63) is 0 Å². The number of rotatable bonds is 7. The molecule has 0 heterocycles. The van der Waals surface area contributed by atoms with Crippen molar-refractivity contribution in [3.63, 3.8) is 0 Å². The summed E-state index contributed by atoms with van der Waals surface area (Å²) < 4.78 is 0. The maximum atomic E-state index is 11.5. The van der Waals surface area contributed by atoms with Crippen LogP contribution in [0.5, 0.6) is 0 Å². The third-order valence-electron chi connectivity index (χ3n) is 2.43. The van der Waals surface area contributed by atoms with E-state index in [1.54, 1.807) is 4.90 Å². The van der Waals surface area contributed by atoms with Crippen LogP contribution >= 0.6 is 0 Å². The van der Waals surface area contributed by atoms with Gasteiger partial charge in [0.25, 0.3) is 0 Å². The molecule has 0 spiro atoms. The first kappa shape index (κ1) is 14.3. The normalized spacial score (nSPS) is 10.5. The van der Waals surface area contributed by atoms with Gasteiger partial charge in [0, 0.05) is 20.1 Å². The zero-order valence-corrected chi connectivity index (χ0v) is 10.7. The third kappa shape index (κ3) is 8.28. The average Bonchev–Trinajstić information content (AvgIpc) is 2.20. The molecule has 0 atom stereocenters. The summed E-state index contributed by atoms with van der Waals surface area (Å²) in [5.74, 6) is 0.722. The highest BCUT2D eigenvalue weighted by Gasteiger charge is 2.05. The van der Waals surface area contributed by atoms with Gasteiger partial charge in [-0.25, -0.2) is 4.79 Å². The van der Waals surface area contributed by atoms with Crippen molar-refractivity contribution < 1.29 is 4.79 Å². The van der Waals surface area contributed by atoms with Crippen LogP contribution in [0.1, 0.15) is 46.5 Å². The van der Waals surface area contributed by atoms with Gasteiger partial charge in [-0.3, -0.25) is 0 Å². The molecule has 3 heteroatoms. The second-order valence-electron chi connectivity index (χ2n) is 4.54. The highest BCUT2D eigenvalue weighted by Crippen LogP contribution is 2.01. The molecule has 0 rings (SSSR count). The molecule has 0 aromatic rings. The van der Waals surface area contributed by atoms with E-state index in [0.717, 1.165) is 38.3 Å². The van der Waals surface area contributed by atoms with Crippen LogP contribution in [0, 0.1) is 5.92 Å². The minimum atomic E-state index is 0.0622. The summed E-state index contributed by atoms with van der Waals surface area (Å²) in [6.07, 6.45) is 4.46. The van der Waals surface area contributed by atoms with Gasteiger partial charge >= 0.3 is 6.03 Å². The molecule has 0 saturated carbocycles. The first-order valence-electron chi connectivity index (χ1n) is 6.06. The lowest BCUT2D eigenvalue weighted by Crippen LogP contribution is -2.38. The highest BCUT2D eigenvalue weighted by molar-refractivity contribution is 5.73. The molecule has 15 heavy (non-hydrogen) atoms. The van der Waals surface area contributed by atoms with E-state index in [0.29, 0.717) is 0 Å². The molecule has 0 saturated heterocycles. The van der Waals surface area contributed by atoms with E-state index >= 15 is 0 Å². The third-order valence-corrected chi connectivity index (χ3v) is 2.43. The number of urea groups is 1. The maximum absolute atomic E-state index is 11.5. The molecule has 0 bridgehead atoms. The van der Waals surface area contributed by atoms with Crippen LogP contribution in [0.15, 0.2) is 0 Å².